The number of ether oxygens (including phenoxy) is 1. The van der Waals surface area contributed by atoms with E-state index in [1.807, 2.05) is 25.7 Å². The number of nitrogens with one attached hydrogen (secondary N) is 2. The molecule has 0 aromatic heterocycles. The maximum absolute atomic E-state index is 13.8. The highest BCUT2D eigenvalue weighted by molar-refractivity contribution is 14.0. The topological polar surface area (TPSA) is 66.0 Å². The van der Waals surface area contributed by atoms with E-state index in [1.165, 1.54) is 6.07 Å². The number of likely N-dealkylation sites (tertiary alicyclic amines) is 1. The van der Waals surface area contributed by atoms with Gasteiger partial charge in [0.15, 0.2) is 5.96 Å². The van der Waals surface area contributed by atoms with Gasteiger partial charge < -0.3 is 20.3 Å². The lowest BCUT2D eigenvalue weighted by molar-refractivity contribution is -0.135. The number of rotatable bonds is 7. The summed E-state index contributed by atoms with van der Waals surface area (Å²) in [5.74, 6) is 0.750. The normalized spacial score (nSPS) is 15.2. The van der Waals surface area contributed by atoms with Gasteiger partial charge >= 0.3 is 0 Å². The smallest absolute Gasteiger partial charge is 0.225 e. The Morgan fingerprint density at radius 1 is 1.34 bits per heavy atom. The summed E-state index contributed by atoms with van der Waals surface area (Å²) in [4.78, 5) is 18.7. The molecule has 0 saturated carbocycles. The summed E-state index contributed by atoms with van der Waals surface area (Å²) < 4.78 is 18.8. The van der Waals surface area contributed by atoms with Crippen molar-refractivity contribution in [2.24, 2.45) is 10.9 Å². The molecule has 0 atom stereocenters. The summed E-state index contributed by atoms with van der Waals surface area (Å²) in [7, 11) is 1.55. The zero-order valence-electron chi connectivity index (χ0n) is 17.8. The molecular formula is C21H34FIN4O2. The Kier molecular flexibility index (Phi) is 11.5. The van der Waals surface area contributed by atoms with Crippen LogP contribution in [-0.4, -0.2) is 49.6 Å². The standard InChI is InChI=1S/C21H33FN4O2.HI/c1-5-23-21(24-13-16-6-7-19(22)17(12-16)14-28-4)25-18-8-10-26(11-9-18)20(27)15(2)3;/h6-7,12,15,18H,5,8-11,13-14H2,1-4H3,(H2,23,24,25);1H. The van der Waals surface area contributed by atoms with Crippen LogP contribution in [0.5, 0.6) is 0 Å². The third-order valence-electron chi connectivity index (χ3n) is 4.82. The van der Waals surface area contributed by atoms with Gasteiger partial charge in [0.25, 0.3) is 0 Å². The fourth-order valence-corrected chi connectivity index (χ4v) is 3.29. The Labute approximate surface area is 190 Å². The number of nitrogens with zero attached hydrogens (tertiary/aromatic N) is 2. The van der Waals surface area contributed by atoms with Crippen LogP contribution in [0.2, 0.25) is 0 Å². The van der Waals surface area contributed by atoms with Crippen LogP contribution in [0.1, 0.15) is 44.7 Å². The first-order valence-corrected chi connectivity index (χ1v) is 10.0. The van der Waals surface area contributed by atoms with Crippen molar-refractivity contribution in [3.8, 4) is 0 Å². The summed E-state index contributed by atoms with van der Waals surface area (Å²) in [6, 6.07) is 5.28. The van der Waals surface area contributed by atoms with Crippen molar-refractivity contribution >= 4 is 35.8 Å². The van der Waals surface area contributed by atoms with E-state index in [-0.39, 0.29) is 54.3 Å². The molecule has 1 aromatic rings. The van der Waals surface area contributed by atoms with Crippen LogP contribution in [0.25, 0.3) is 0 Å². The summed E-state index contributed by atoms with van der Waals surface area (Å²) in [6.07, 6.45) is 1.80. The minimum absolute atomic E-state index is 0. The molecule has 29 heavy (non-hydrogen) atoms. The highest BCUT2D eigenvalue weighted by Crippen LogP contribution is 2.14. The number of hydrogen-bond acceptors (Lipinski definition) is 3. The number of carbonyl (C=O) groups excluding carboxylic acids is 1. The van der Waals surface area contributed by atoms with E-state index >= 15 is 0 Å². The highest BCUT2D eigenvalue weighted by atomic mass is 127. The maximum atomic E-state index is 13.8. The molecule has 164 valence electrons. The summed E-state index contributed by atoms with van der Waals surface area (Å²) in [6.45, 7) is 8.90. The molecule has 1 amide bonds. The Balaban J connectivity index is 0.00000420. The number of halogens is 2. The molecule has 8 heteroatoms. The van der Waals surface area contributed by atoms with Crippen LogP contribution >= 0.6 is 24.0 Å². The van der Waals surface area contributed by atoms with E-state index in [2.05, 4.69) is 15.6 Å². The van der Waals surface area contributed by atoms with Crippen LogP contribution in [-0.2, 0) is 22.7 Å². The van der Waals surface area contributed by atoms with Crippen LogP contribution in [0.4, 0.5) is 4.39 Å². The molecule has 1 aliphatic rings. The molecule has 1 saturated heterocycles. The van der Waals surface area contributed by atoms with Crippen LogP contribution in [0.3, 0.4) is 0 Å². The molecule has 0 radical (unpaired) electrons. The van der Waals surface area contributed by atoms with Gasteiger partial charge in [0.1, 0.15) is 5.82 Å². The van der Waals surface area contributed by atoms with Gasteiger partial charge in [0, 0.05) is 44.3 Å². The minimum Gasteiger partial charge on any atom is -0.380 e. The summed E-state index contributed by atoms with van der Waals surface area (Å²) in [5, 5.41) is 6.73. The van der Waals surface area contributed by atoms with E-state index < -0.39 is 0 Å². The Bertz CT molecular complexity index is 677. The Hall–Kier alpha value is -1.42. The van der Waals surface area contributed by atoms with Gasteiger partial charge in [-0.25, -0.2) is 9.38 Å². The number of benzene rings is 1. The lowest BCUT2D eigenvalue weighted by atomic mass is 10.0. The summed E-state index contributed by atoms with van der Waals surface area (Å²) >= 11 is 0. The van der Waals surface area contributed by atoms with Crippen molar-refractivity contribution in [2.45, 2.75) is 52.8 Å². The molecule has 0 unspecified atom stereocenters. The molecule has 0 spiro atoms. The molecule has 1 fully saturated rings. The summed E-state index contributed by atoms with van der Waals surface area (Å²) in [5.41, 5.74) is 1.47. The van der Waals surface area contributed by atoms with Gasteiger partial charge in [-0.05, 0) is 37.5 Å². The van der Waals surface area contributed by atoms with Crippen LogP contribution < -0.4 is 10.6 Å². The number of piperidine rings is 1. The average molecular weight is 520 g/mol. The number of methoxy groups -OCH3 is 1. The fourth-order valence-electron chi connectivity index (χ4n) is 3.29. The largest absolute Gasteiger partial charge is 0.380 e. The lowest BCUT2D eigenvalue weighted by Gasteiger charge is -2.34. The van der Waals surface area contributed by atoms with E-state index in [4.69, 9.17) is 4.74 Å². The number of aliphatic imine (C=N–C) groups is 1. The third kappa shape index (κ3) is 8.08. The van der Waals surface area contributed by atoms with Gasteiger partial charge in [0.05, 0.1) is 13.2 Å². The van der Waals surface area contributed by atoms with Crippen LogP contribution in [0, 0.1) is 11.7 Å². The van der Waals surface area contributed by atoms with Crippen molar-refractivity contribution in [2.75, 3.05) is 26.7 Å². The van der Waals surface area contributed by atoms with E-state index in [0.29, 0.717) is 12.1 Å². The van der Waals surface area contributed by atoms with Crippen molar-refractivity contribution in [1.82, 2.24) is 15.5 Å². The molecule has 0 aliphatic carbocycles. The maximum Gasteiger partial charge on any atom is 0.225 e. The molecule has 2 rings (SSSR count). The second kappa shape index (κ2) is 13.0. The quantitative estimate of drug-likeness (QED) is 0.329. The molecule has 1 heterocycles. The number of guanidine groups is 1. The number of amides is 1. The van der Waals surface area contributed by atoms with Gasteiger partial charge in [-0.15, -0.1) is 24.0 Å². The fraction of sp³-hybridized carbons (Fsp3) is 0.619. The third-order valence-corrected chi connectivity index (χ3v) is 4.82. The highest BCUT2D eigenvalue weighted by Gasteiger charge is 2.24. The van der Waals surface area contributed by atoms with Gasteiger partial charge in [-0.2, -0.15) is 0 Å². The molecular weight excluding hydrogens is 486 g/mol. The first kappa shape index (κ1) is 25.6. The van der Waals surface area contributed by atoms with Gasteiger partial charge in [-0.1, -0.05) is 19.9 Å². The first-order chi connectivity index (χ1) is 13.4. The van der Waals surface area contributed by atoms with Crippen LogP contribution in [0.15, 0.2) is 23.2 Å². The Morgan fingerprint density at radius 2 is 2.03 bits per heavy atom. The monoisotopic (exact) mass is 520 g/mol. The van der Waals surface area contributed by atoms with Crippen molar-refractivity contribution < 1.29 is 13.9 Å². The minimum atomic E-state index is -0.262. The van der Waals surface area contributed by atoms with Crippen molar-refractivity contribution in [3.05, 3.63) is 35.1 Å². The molecule has 1 aromatic carbocycles. The second-order valence-electron chi connectivity index (χ2n) is 7.45. The van der Waals surface area contributed by atoms with Gasteiger partial charge in [0.2, 0.25) is 5.91 Å². The second-order valence-corrected chi connectivity index (χ2v) is 7.45. The predicted octanol–water partition coefficient (Wildman–Crippen LogP) is 3.29. The van der Waals surface area contributed by atoms with Gasteiger partial charge in [-0.3, -0.25) is 4.79 Å². The number of hydrogen-bond donors (Lipinski definition) is 2. The van der Waals surface area contributed by atoms with Crippen molar-refractivity contribution in [1.29, 1.82) is 0 Å². The lowest BCUT2D eigenvalue weighted by Crippen LogP contribution is -2.50. The van der Waals surface area contributed by atoms with Crippen molar-refractivity contribution in [3.63, 3.8) is 0 Å². The first-order valence-electron chi connectivity index (χ1n) is 10.0. The van der Waals surface area contributed by atoms with E-state index in [9.17, 15) is 9.18 Å². The molecule has 6 nitrogen and oxygen atoms in total. The van der Waals surface area contributed by atoms with E-state index in [1.54, 1.807) is 19.2 Å². The van der Waals surface area contributed by atoms with E-state index in [0.717, 1.165) is 44.0 Å². The molecule has 1 aliphatic heterocycles. The number of carbonyl (C=O) groups is 1. The SMILES string of the molecule is CCNC(=NCc1ccc(F)c(COC)c1)NC1CCN(C(=O)C(C)C)CC1.I. The predicted molar refractivity (Wildman–Crippen MR) is 125 cm³/mol. The Morgan fingerprint density at radius 3 is 2.62 bits per heavy atom. The average Bonchev–Trinajstić information content (AvgIpc) is 2.68. The molecule has 0 bridgehead atoms. The molecule has 2 N–H and O–H groups in total. The zero-order valence-corrected chi connectivity index (χ0v) is 20.2. The zero-order chi connectivity index (χ0) is 20.5.